The fourth-order valence-corrected chi connectivity index (χ4v) is 3.91. The first-order valence-electron chi connectivity index (χ1n) is 5.94. The molecule has 0 aliphatic rings. The second-order valence-corrected chi connectivity index (χ2v) is 7.81. The van der Waals surface area contributed by atoms with Crippen LogP contribution in [0.2, 0.25) is 0 Å². The first kappa shape index (κ1) is 16.1. The van der Waals surface area contributed by atoms with Crippen LogP contribution in [0.25, 0.3) is 0 Å². The van der Waals surface area contributed by atoms with Crippen molar-refractivity contribution in [2.24, 2.45) is 0 Å². The van der Waals surface area contributed by atoms with Crippen LogP contribution in [0.1, 0.15) is 24.6 Å². The molecule has 0 saturated heterocycles. The largest absolute Gasteiger partial charge is 0.317 e. The van der Waals surface area contributed by atoms with Gasteiger partial charge in [-0.25, -0.2) is 13.1 Å². The summed E-state index contributed by atoms with van der Waals surface area (Å²) in [5.41, 5.74) is 0. The van der Waals surface area contributed by atoms with Gasteiger partial charge in [0.25, 0.3) is 0 Å². The van der Waals surface area contributed by atoms with Gasteiger partial charge in [-0.3, -0.25) is 0 Å². The van der Waals surface area contributed by atoms with Crippen LogP contribution in [0.4, 0.5) is 0 Å². The summed E-state index contributed by atoms with van der Waals surface area (Å²) in [6.45, 7) is 4.15. The molecule has 1 heterocycles. The summed E-state index contributed by atoms with van der Waals surface area (Å²) in [5, 5.41) is 5.13. The third-order valence-corrected chi connectivity index (χ3v) is 5.39. The van der Waals surface area contributed by atoms with Crippen LogP contribution in [0.3, 0.4) is 0 Å². The van der Waals surface area contributed by atoms with Gasteiger partial charge in [0.15, 0.2) is 0 Å². The highest BCUT2D eigenvalue weighted by Gasteiger charge is 2.09. The van der Waals surface area contributed by atoms with Crippen molar-refractivity contribution in [1.82, 2.24) is 10.0 Å². The number of hydrogen-bond donors (Lipinski definition) is 2. The van der Waals surface area contributed by atoms with Gasteiger partial charge in [-0.15, -0.1) is 11.3 Å². The molecule has 2 N–H and O–H groups in total. The van der Waals surface area contributed by atoms with Crippen LogP contribution in [-0.4, -0.2) is 27.3 Å². The first-order chi connectivity index (χ1) is 8.53. The Bertz CT molecular complexity index is 446. The van der Waals surface area contributed by atoms with Gasteiger partial charge in [-0.2, -0.15) is 0 Å². The molecule has 1 rings (SSSR count). The molecule has 0 atom stereocenters. The number of halogens is 1. The van der Waals surface area contributed by atoms with E-state index in [2.05, 4.69) is 32.9 Å². The molecule has 0 fully saturated rings. The Labute approximate surface area is 121 Å². The topological polar surface area (TPSA) is 58.2 Å². The van der Waals surface area contributed by atoms with Crippen molar-refractivity contribution in [3.8, 4) is 0 Å². The van der Waals surface area contributed by atoms with Gasteiger partial charge in [-0.1, -0.05) is 6.92 Å². The summed E-state index contributed by atoms with van der Waals surface area (Å²) in [6.07, 6.45) is 1.71. The van der Waals surface area contributed by atoms with Crippen molar-refractivity contribution >= 4 is 37.3 Å². The van der Waals surface area contributed by atoms with Crippen molar-refractivity contribution in [2.75, 3.05) is 18.8 Å². The van der Waals surface area contributed by atoms with E-state index in [1.165, 1.54) is 11.3 Å². The molecule has 1 aromatic rings. The summed E-state index contributed by atoms with van der Waals surface area (Å²) < 4.78 is 27.0. The van der Waals surface area contributed by atoms with Gasteiger partial charge in [0, 0.05) is 21.3 Å². The summed E-state index contributed by atoms with van der Waals surface area (Å²) in [6, 6.07) is 1.93. The summed E-state index contributed by atoms with van der Waals surface area (Å²) in [7, 11) is -3.16. The second-order valence-electron chi connectivity index (χ2n) is 3.97. The Hall–Kier alpha value is 0.0500. The monoisotopic (exact) mass is 354 g/mol. The number of rotatable bonds is 9. The van der Waals surface area contributed by atoms with Gasteiger partial charge in [-0.05, 0) is 47.9 Å². The highest BCUT2D eigenvalue weighted by molar-refractivity contribution is 9.10. The lowest BCUT2D eigenvalue weighted by Gasteiger charge is -2.06. The standard InChI is InChI=1S/C11H19BrN2O2S2/c1-2-4-13-5-3-6-18(15,16)14-8-11-7-10(12)9-17-11/h7,9,13-14H,2-6,8H2,1H3. The van der Waals surface area contributed by atoms with Gasteiger partial charge < -0.3 is 5.32 Å². The maximum absolute atomic E-state index is 11.7. The van der Waals surface area contributed by atoms with E-state index in [1.54, 1.807) is 0 Å². The molecule has 1 aromatic heterocycles. The molecule has 7 heteroatoms. The van der Waals surface area contributed by atoms with Crippen LogP contribution in [0.5, 0.6) is 0 Å². The fourth-order valence-electron chi connectivity index (χ4n) is 1.39. The minimum atomic E-state index is -3.16. The second kappa shape index (κ2) is 8.27. The molecule has 0 bridgehead atoms. The van der Waals surface area contributed by atoms with Gasteiger partial charge >= 0.3 is 0 Å². The first-order valence-corrected chi connectivity index (χ1v) is 9.27. The van der Waals surface area contributed by atoms with Crippen molar-refractivity contribution in [3.63, 3.8) is 0 Å². The Morgan fingerprint density at radius 2 is 2.17 bits per heavy atom. The number of thiophene rings is 1. The molecule has 104 valence electrons. The summed E-state index contributed by atoms with van der Waals surface area (Å²) >= 11 is 4.88. The van der Waals surface area contributed by atoms with Crippen LogP contribution in [-0.2, 0) is 16.6 Å². The van der Waals surface area contributed by atoms with E-state index in [9.17, 15) is 8.42 Å². The zero-order valence-corrected chi connectivity index (χ0v) is 13.6. The SMILES string of the molecule is CCCNCCCS(=O)(=O)NCc1cc(Br)cs1. The zero-order chi connectivity index (χ0) is 13.4. The minimum Gasteiger partial charge on any atom is -0.317 e. The molecule has 0 unspecified atom stereocenters. The molecule has 4 nitrogen and oxygen atoms in total. The maximum atomic E-state index is 11.7. The minimum absolute atomic E-state index is 0.177. The Morgan fingerprint density at radius 3 is 2.78 bits per heavy atom. The summed E-state index contributed by atoms with van der Waals surface area (Å²) in [5.74, 6) is 0.177. The third-order valence-electron chi connectivity index (χ3n) is 2.28. The van der Waals surface area contributed by atoms with E-state index in [1.807, 2.05) is 11.4 Å². The molecule has 0 aromatic carbocycles. The Balaban J connectivity index is 2.23. The Morgan fingerprint density at radius 1 is 1.39 bits per heavy atom. The molecular formula is C11H19BrN2O2S2. The molecule has 0 radical (unpaired) electrons. The predicted molar refractivity (Wildman–Crippen MR) is 80.4 cm³/mol. The van der Waals surface area contributed by atoms with Crippen LogP contribution in [0.15, 0.2) is 15.9 Å². The van der Waals surface area contributed by atoms with Crippen LogP contribution < -0.4 is 10.0 Å². The summed E-state index contributed by atoms with van der Waals surface area (Å²) in [4.78, 5) is 1.01. The molecule has 18 heavy (non-hydrogen) atoms. The molecule has 0 spiro atoms. The average Bonchev–Trinajstić information content (AvgIpc) is 2.73. The number of hydrogen-bond acceptors (Lipinski definition) is 4. The fraction of sp³-hybridized carbons (Fsp3) is 0.636. The number of nitrogens with one attached hydrogen (secondary N) is 2. The third kappa shape index (κ3) is 6.84. The van der Waals surface area contributed by atoms with Crippen molar-refractivity contribution in [1.29, 1.82) is 0 Å². The predicted octanol–water partition coefficient (Wildman–Crippen LogP) is 2.32. The number of sulfonamides is 1. The molecule has 0 aliphatic carbocycles. The van der Waals surface area contributed by atoms with Crippen molar-refractivity contribution in [2.45, 2.75) is 26.3 Å². The van der Waals surface area contributed by atoms with Gasteiger partial charge in [0.05, 0.1) is 5.75 Å². The van der Waals surface area contributed by atoms with Crippen LogP contribution in [0, 0.1) is 0 Å². The normalized spacial score (nSPS) is 11.9. The molecule has 0 aliphatic heterocycles. The molecule has 0 amide bonds. The lowest BCUT2D eigenvalue weighted by atomic mass is 10.4. The lowest BCUT2D eigenvalue weighted by molar-refractivity contribution is 0.575. The quantitative estimate of drug-likeness (QED) is 0.669. The van der Waals surface area contributed by atoms with Crippen molar-refractivity contribution in [3.05, 3.63) is 20.8 Å². The lowest BCUT2D eigenvalue weighted by Crippen LogP contribution is -2.27. The van der Waals surface area contributed by atoms with E-state index in [4.69, 9.17) is 0 Å². The zero-order valence-electron chi connectivity index (χ0n) is 10.4. The van der Waals surface area contributed by atoms with E-state index >= 15 is 0 Å². The average molecular weight is 355 g/mol. The molecular weight excluding hydrogens is 336 g/mol. The van der Waals surface area contributed by atoms with Gasteiger partial charge in [0.2, 0.25) is 10.0 Å². The van der Waals surface area contributed by atoms with Crippen molar-refractivity contribution < 1.29 is 8.42 Å². The van der Waals surface area contributed by atoms with E-state index in [0.29, 0.717) is 13.0 Å². The van der Waals surface area contributed by atoms with E-state index in [-0.39, 0.29) is 5.75 Å². The van der Waals surface area contributed by atoms with Gasteiger partial charge in [0.1, 0.15) is 0 Å². The Kier molecular flexibility index (Phi) is 7.40. The molecule has 0 saturated carbocycles. The van der Waals surface area contributed by atoms with E-state index in [0.717, 1.165) is 28.9 Å². The highest BCUT2D eigenvalue weighted by atomic mass is 79.9. The van der Waals surface area contributed by atoms with Crippen LogP contribution >= 0.6 is 27.3 Å². The smallest absolute Gasteiger partial charge is 0.211 e. The van der Waals surface area contributed by atoms with E-state index < -0.39 is 10.0 Å². The highest BCUT2D eigenvalue weighted by Crippen LogP contribution is 2.19. The maximum Gasteiger partial charge on any atom is 0.211 e.